The van der Waals surface area contributed by atoms with Crippen LogP contribution in [0.3, 0.4) is 0 Å². The molecular weight excluding hydrogens is 488 g/mol. The third kappa shape index (κ3) is 3.72. The lowest BCUT2D eigenvalue weighted by atomic mass is 9.64. The fourth-order valence-corrected chi connectivity index (χ4v) is 5.55. The lowest BCUT2D eigenvalue weighted by Gasteiger charge is -2.42. The standard InChI is InChI=1S/C25H30N4O6.ClH/c1-27(2)13-9-14(28(3)4)20(30)16-11(13)7-10-8-12-17(22(32)15(10)21(16)31)23(33)18(25(26)35)24(34)19(12)29(5)6;/h7,9,12,17,19,30-31,34H,8H2,1-6H3,(H2,26,35);1H/t12-,17-,19+;/m1./s1. The number of ketones is 2. The van der Waals surface area contributed by atoms with E-state index in [2.05, 4.69) is 0 Å². The van der Waals surface area contributed by atoms with Crippen LogP contribution in [0.4, 0.5) is 11.4 Å². The normalized spacial score (nSPS) is 21.2. The lowest BCUT2D eigenvalue weighted by molar-refractivity contribution is -0.125. The molecule has 2 aliphatic carbocycles. The third-order valence-electron chi connectivity index (χ3n) is 7.06. The molecule has 2 aromatic rings. The van der Waals surface area contributed by atoms with Gasteiger partial charge >= 0.3 is 0 Å². The zero-order valence-electron chi connectivity index (χ0n) is 21.0. The second kappa shape index (κ2) is 9.18. The molecule has 2 aromatic carbocycles. The van der Waals surface area contributed by atoms with Gasteiger partial charge in [-0.3, -0.25) is 19.3 Å². The summed E-state index contributed by atoms with van der Waals surface area (Å²) >= 11 is 0. The fourth-order valence-electron chi connectivity index (χ4n) is 5.55. The van der Waals surface area contributed by atoms with E-state index in [0.29, 0.717) is 16.6 Å². The summed E-state index contributed by atoms with van der Waals surface area (Å²) in [5.74, 6) is -5.66. The van der Waals surface area contributed by atoms with Gasteiger partial charge in [0, 0.05) is 45.2 Å². The van der Waals surface area contributed by atoms with Gasteiger partial charge in [0.25, 0.3) is 5.91 Å². The second-order valence-corrected chi connectivity index (χ2v) is 9.84. The van der Waals surface area contributed by atoms with Crippen LogP contribution in [-0.2, 0) is 16.0 Å². The monoisotopic (exact) mass is 518 g/mol. The number of aliphatic hydroxyl groups is 1. The van der Waals surface area contributed by atoms with Gasteiger partial charge in [-0.15, -0.1) is 12.4 Å². The number of amides is 1. The SMILES string of the molecule is CN(C)c1cc(N(C)C)c2cc3c(c(O)c2c1O)C(=O)[C@@H]1C(=O)C(C(N)=O)=C(O)[C@@H](N(C)C)[C@@H]1C3.Cl. The number of hydrogen-bond acceptors (Lipinski definition) is 9. The average Bonchev–Trinajstić information content (AvgIpc) is 2.72. The molecule has 1 amide bonds. The van der Waals surface area contributed by atoms with Crippen LogP contribution in [0, 0.1) is 11.8 Å². The third-order valence-corrected chi connectivity index (χ3v) is 7.06. The minimum absolute atomic E-state index is 0. The van der Waals surface area contributed by atoms with Crippen molar-refractivity contribution in [2.45, 2.75) is 12.5 Å². The summed E-state index contributed by atoms with van der Waals surface area (Å²) in [7, 11) is 10.5. The second-order valence-electron chi connectivity index (χ2n) is 9.84. The van der Waals surface area contributed by atoms with Gasteiger partial charge < -0.3 is 30.9 Å². The van der Waals surface area contributed by atoms with Crippen LogP contribution < -0.4 is 15.5 Å². The van der Waals surface area contributed by atoms with E-state index in [1.54, 1.807) is 50.1 Å². The van der Waals surface area contributed by atoms with Crippen LogP contribution in [0.1, 0.15) is 15.9 Å². The number of benzene rings is 2. The number of likely N-dealkylation sites (N-methyl/N-ethyl adjacent to an activating group) is 1. The largest absolute Gasteiger partial charge is 0.510 e. The van der Waals surface area contributed by atoms with Crippen molar-refractivity contribution in [1.82, 2.24) is 4.90 Å². The topological polar surface area (TPSA) is 148 Å². The number of fused-ring (bicyclic) bond motifs is 3. The number of halogens is 1. The Morgan fingerprint density at radius 3 is 2.00 bits per heavy atom. The molecule has 10 nitrogen and oxygen atoms in total. The van der Waals surface area contributed by atoms with Crippen molar-refractivity contribution in [3.8, 4) is 11.5 Å². The number of phenols is 2. The van der Waals surface area contributed by atoms with Crippen LogP contribution in [0.25, 0.3) is 10.8 Å². The smallest absolute Gasteiger partial charge is 0.255 e. The highest BCUT2D eigenvalue weighted by Gasteiger charge is 2.53. The Morgan fingerprint density at radius 2 is 1.50 bits per heavy atom. The van der Waals surface area contributed by atoms with Crippen LogP contribution >= 0.6 is 12.4 Å². The Balaban J connectivity index is 0.00000361. The van der Waals surface area contributed by atoms with Crippen molar-refractivity contribution in [2.75, 3.05) is 52.1 Å². The number of hydrogen-bond donors (Lipinski definition) is 4. The number of carbonyl (C=O) groups excluding carboxylic acids is 3. The van der Waals surface area contributed by atoms with E-state index in [4.69, 9.17) is 5.73 Å². The summed E-state index contributed by atoms with van der Waals surface area (Å²) in [6, 6.07) is 2.74. The number of primary amides is 1. The zero-order chi connectivity index (χ0) is 26.1. The number of carbonyl (C=O) groups is 3. The van der Waals surface area contributed by atoms with E-state index in [9.17, 15) is 29.7 Å². The number of aliphatic hydroxyl groups excluding tert-OH is 1. The van der Waals surface area contributed by atoms with Gasteiger partial charge in [-0.2, -0.15) is 0 Å². The number of nitrogens with zero attached hydrogens (tertiary/aromatic N) is 3. The molecule has 0 aliphatic heterocycles. The van der Waals surface area contributed by atoms with Crippen molar-refractivity contribution in [2.24, 2.45) is 17.6 Å². The van der Waals surface area contributed by atoms with Crippen molar-refractivity contribution in [3.63, 3.8) is 0 Å². The highest BCUT2D eigenvalue weighted by atomic mass is 35.5. The molecule has 0 aromatic heterocycles. The van der Waals surface area contributed by atoms with Crippen LogP contribution in [0.2, 0.25) is 0 Å². The van der Waals surface area contributed by atoms with Crippen molar-refractivity contribution in [3.05, 3.63) is 34.6 Å². The number of nitrogens with two attached hydrogens (primary N) is 1. The van der Waals surface area contributed by atoms with E-state index in [0.717, 1.165) is 5.69 Å². The van der Waals surface area contributed by atoms with Gasteiger partial charge in [0.05, 0.1) is 28.6 Å². The number of rotatable bonds is 4. The predicted octanol–water partition coefficient (Wildman–Crippen LogP) is 1.59. The first-order chi connectivity index (χ1) is 16.3. The Morgan fingerprint density at radius 1 is 0.917 bits per heavy atom. The molecule has 0 fully saturated rings. The molecule has 0 saturated heterocycles. The van der Waals surface area contributed by atoms with E-state index < -0.39 is 52.4 Å². The Bertz CT molecular complexity index is 1330. The van der Waals surface area contributed by atoms with Gasteiger partial charge in [0.1, 0.15) is 17.1 Å². The molecular formula is C25H31ClN4O6. The molecule has 0 spiro atoms. The maximum atomic E-state index is 13.8. The zero-order valence-corrected chi connectivity index (χ0v) is 21.8. The number of aromatic hydroxyl groups is 2. The highest BCUT2D eigenvalue weighted by Crippen LogP contribution is 2.50. The van der Waals surface area contributed by atoms with Gasteiger partial charge in [0.2, 0.25) is 0 Å². The molecule has 11 heteroatoms. The van der Waals surface area contributed by atoms with Crippen molar-refractivity contribution < 1.29 is 29.7 Å². The maximum absolute atomic E-state index is 13.8. The van der Waals surface area contributed by atoms with Gasteiger partial charge in [-0.05, 0) is 38.2 Å². The predicted molar refractivity (Wildman–Crippen MR) is 140 cm³/mol. The molecule has 5 N–H and O–H groups in total. The first-order valence-corrected chi connectivity index (χ1v) is 11.2. The quantitative estimate of drug-likeness (QED) is 0.349. The molecule has 2 aliphatic rings. The molecule has 0 bridgehead atoms. The number of phenolic OH excluding ortho intramolecular Hbond substituents is 2. The van der Waals surface area contributed by atoms with Crippen LogP contribution in [0.15, 0.2) is 23.5 Å². The van der Waals surface area contributed by atoms with Crippen molar-refractivity contribution >= 4 is 52.0 Å². The van der Waals surface area contributed by atoms with E-state index in [1.165, 1.54) is 0 Å². The molecule has 36 heavy (non-hydrogen) atoms. The van der Waals surface area contributed by atoms with E-state index in [1.807, 2.05) is 19.0 Å². The minimum Gasteiger partial charge on any atom is -0.510 e. The molecule has 3 atom stereocenters. The summed E-state index contributed by atoms with van der Waals surface area (Å²) in [5.41, 5.74) is 6.40. The molecule has 0 heterocycles. The van der Waals surface area contributed by atoms with E-state index >= 15 is 0 Å². The Labute approximate surface area is 215 Å². The number of anilines is 2. The summed E-state index contributed by atoms with van der Waals surface area (Å²) in [5, 5.41) is 33.8. The van der Waals surface area contributed by atoms with Gasteiger partial charge in [-0.1, -0.05) is 0 Å². The summed E-state index contributed by atoms with van der Waals surface area (Å²) < 4.78 is 0. The van der Waals surface area contributed by atoms with Crippen molar-refractivity contribution in [1.29, 1.82) is 0 Å². The maximum Gasteiger partial charge on any atom is 0.255 e. The minimum atomic E-state index is -1.30. The summed E-state index contributed by atoms with van der Waals surface area (Å²) in [4.78, 5) is 44.2. The van der Waals surface area contributed by atoms with Gasteiger partial charge in [-0.25, -0.2) is 0 Å². The first-order valence-electron chi connectivity index (χ1n) is 11.2. The Hall–Kier alpha value is -3.50. The molecule has 4 rings (SSSR count). The fraction of sp³-hybridized carbons (Fsp3) is 0.400. The molecule has 0 saturated carbocycles. The molecule has 194 valence electrons. The average molecular weight is 519 g/mol. The Kier molecular flexibility index (Phi) is 6.91. The highest BCUT2D eigenvalue weighted by molar-refractivity contribution is 6.29. The first kappa shape index (κ1) is 27.1. The summed E-state index contributed by atoms with van der Waals surface area (Å²) in [6.07, 6.45) is 0.184. The van der Waals surface area contributed by atoms with Crippen LogP contribution in [-0.4, -0.2) is 86.0 Å². The molecule has 0 unspecified atom stereocenters. The lowest BCUT2D eigenvalue weighted by Crippen LogP contribution is -2.54. The summed E-state index contributed by atoms with van der Waals surface area (Å²) in [6.45, 7) is 0. The van der Waals surface area contributed by atoms with Crippen LogP contribution in [0.5, 0.6) is 11.5 Å². The van der Waals surface area contributed by atoms with E-state index in [-0.39, 0.29) is 35.5 Å². The molecule has 0 radical (unpaired) electrons. The number of Topliss-reactive ketones (excluding diaryl/α,β-unsaturated/α-hetero) is 2. The van der Waals surface area contributed by atoms with Gasteiger partial charge in [0.15, 0.2) is 17.3 Å².